The second-order valence-corrected chi connectivity index (χ2v) is 9.64. The smallest absolute Gasteiger partial charge is 0.354 e. The highest BCUT2D eigenvalue weighted by Crippen LogP contribution is 2.40. The summed E-state index contributed by atoms with van der Waals surface area (Å²) in [7, 11) is 0. The van der Waals surface area contributed by atoms with Gasteiger partial charge in [-0.25, -0.2) is 9.59 Å². The highest BCUT2D eigenvalue weighted by Gasteiger charge is 2.36. The van der Waals surface area contributed by atoms with E-state index in [4.69, 9.17) is 18.6 Å². The number of hydrogen-bond acceptors (Lipinski definition) is 8. The van der Waals surface area contributed by atoms with Crippen molar-refractivity contribution in [1.82, 2.24) is 0 Å². The fourth-order valence-corrected chi connectivity index (χ4v) is 4.39. The first-order chi connectivity index (χ1) is 17.1. The largest absolute Gasteiger partial charge is 0.509 e. The van der Waals surface area contributed by atoms with Crippen LogP contribution in [0.4, 0.5) is 0 Å². The summed E-state index contributed by atoms with van der Waals surface area (Å²) in [6.45, 7) is 7.52. The van der Waals surface area contributed by atoms with Crippen LogP contribution in [0.3, 0.4) is 0 Å². The Kier molecular flexibility index (Phi) is 6.97. The van der Waals surface area contributed by atoms with Gasteiger partial charge in [0.05, 0.1) is 12.0 Å². The lowest BCUT2D eigenvalue weighted by Crippen LogP contribution is -2.33. The molecule has 0 unspecified atom stereocenters. The molecule has 1 atom stereocenters. The number of hydrogen-bond donors (Lipinski definition) is 2. The maximum absolute atomic E-state index is 12.9. The van der Waals surface area contributed by atoms with Crippen molar-refractivity contribution < 1.29 is 33.6 Å². The van der Waals surface area contributed by atoms with Crippen molar-refractivity contribution >= 4 is 16.9 Å². The number of esters is 1. The molecule has 8 nitrogen and oxygen atoms in total. The van der Waals surface area contributed by atoms with Gasteiger partial charge in [0.25, 0.3) is 0 Å². The number of rotatable bonds is 7. The molecule has 0 bridgehead atoms. The number of aliphatic hydroxyl groups excluding tert-OH is 2. The molecule has 1 aliphatic rings. The van der Waals surface area contributed by atoms with Crippen LogP contribution in [-0.2, 0) is 11.3 Å². The van der Waals surface area contributed by atoms with Crippen molar-refractivity contribution in [2.45, 2.75) is 53.2 Å². The van der Waals surface area contributed by atoms with Gasteiger partial charge in [0.1, 0.15) is 23.7 Å². The minimum absolute atomic E-state index is 0.0670. The summed E-state index contributed by atoms with van der Waals surface area (Å²) in [5.74, 6) is -0.705. The van der Waals surface area contributed by atoms with E-state index < -0.39 is 17.7 Å². The van der Waals surface area contributed by atoms with E-state index in [2.05, 4.69) is 0 Å². The third-order valence-corrected chi connectivity index (χ3v) is 6.19. The monoisotopic (exact) mass is 494 g/mol. The molecule has 2 N–H and O–H groups in total. The number of carbonyl (C=O) groups is 1. The van der Waals surface area contributed by atoms with Crippen LogP contribution < -0.4 is 15.1 Å². The first-order valence-corrected chi connectivity index (χ1v) is 11.8. The molecular weight excluding hydrogens is 464 g/mol. The molecule has 3 aromatic rings. The molecule has 0 fully saturated rings. The summed E-state index contributed by atoms with van der Waals surface area (Å²) in [6, 6.07) is 12.7. The van der Waals surface area contributed by atoms with Gasteiger partial charge in [-0.3, -0.25) is 0 Å². The van der Waals surface area contributed by atoms with Crippen LogP contribution in [-0.4, -0.2) is 28.9 Å². The lowest BCUT2D eigenvalue weighted by Gasteiger charge is -2.34. The standard InChI is InChI=1S/C28H30O8/c1-5-33-26(31)22-25(34-15-17-9-7-6-8-10-17)18-11-12-20(16(2)24(18)36-27(22)32)35-21-14-28(3,4)13-19(29)23(21)30/h6-12,21,29-30H,5,13-15H2,1-4H3/t21-/m1/s1. The Balaban J connectivity index is 1.78. The molecule has 0 spiro atoms. The number of aliphatic hydroxyl groups is 2. The van der Waals surface area contributed by atoms with E-state index in [1.54, 1.807) is 26.0 Å². The second-order valence-electron chi connectivity index (χ2n) is 9.64. The molecule has 36 heavy (non-hydrogen) atoms. The van der Waals surface area contributed by atoms with Crippen LogP contribution >= 0.6 is 0 Å². The van der Waals surface area contributed by atoms with Crippen LogP contribution in [0.25, 0.3) is 11.0 Å². The Hall–Kier alpha value is -3.94. The van der Waals surface area contributed by atoms with Crippen molar-refractivity contribution in [3.05, 3.63) is 81.1 Å². The zero-order valence-electron chi connectivity index (χ0n) is 20.8. The fraction of sp³-hybridized carbons (Fsp3) is 0.357. The molecule has 190 valence electrons. The molecule has 1 heterocycles. The first-order valence-electron chi connectivity index (χ1n) is 11.8. The van der Waals surface area contributed by atoms with Crippen molar-refractivity contribution in [3.8, 4) is 11.5 Å². The van der Waals surface area contributed by atoms with Crippen LogP contribution in [0.1, 0.15) is 55.1 Å². The van der Waals surface area contributed by atoms with E-state index in [-0.39, 0.29) is 47.0 Å². The van der Waals surface area contributed by atoms with Crippen LogP contribution in [0, 0.1) is 12.3 Å². The Labute approximate surface area is 208 Å². The van der Waals surface area contributed by atoms with Crippen molar-refractivity contribution in [2.24, 2.45) is 5.41 Å². The molecule has 2 aromatic carbocycles. The maximum atomic E-state index is 12.9. The molecule has 1 aliphatic carbocycles. The van der Waals surface area contributed by atoms with E-state index in [9.17, 15) is 19.8 Å². The van der Waals surface area contributed by atoms with Crippen molar-refractivity contribution in [3.63, 3.8) is 0 Å². The van der Waals surface area contributed by atoms with Crippen LogP contribution in [0.5, 0.6) is 11.5 Å². The third kappa shape index (κ3) is 5.03. The lowest BCUT2D eigenvalue weighted by molar-refractivity contribution is 0.0516. The number of allylic oxidation sites excluding steroid dienone is 1. The van der Waals surface area contributed by atoms with Gasteiger partial charge in [0.15, 0.2) is 23.2 Å². The van der Waals surface area contributed by atoms with Gasteiger partial charge in [0, 0.05) is 12.0 Å². The molecule has 0 saturated heterocycles. The summed E-state index contributed by atoms with van der Waals surface area (Å²) in [4.78, 5) is 25.6. The van der Waals surface area contributed by atoms with Gasteiger partial charge in [-0.05, 0) is 43.4 Å². The summed E-state index contributed by atoms with van der Waals surface area (Å²) < 4.78 is 22.7. The molecule has 8 heteroatoms. The van der Waals surface area contributed by atoms with E-state index in [0.717, 1.165) is 5.56 Å². The topological polar surface area (TPSA) is 115 Å². The number of aryl methyl sites for hydroxylation is 1. The zero-order valence-corrected chi connectivity index (χ0v) is 20.8. The van der Waals surface area contributed by atoms with Gasteiger partial charge in [-0.15, -0.1) is 0 Å². The highest BCUT2D eigenvalue weighted by molar-refractivity contribution is 5.99. The Bertz CT molecular complexity index is 1370. The third-order valence-electron chi connectivity index (χ3n) is 6.19. The Morgan fingerprint density at radius 2 is 1.86 bits per heavy atom. The summed E-state index contributed by atoms with van der Waals surface area (Å²) >= 11 is 0. The highest BCUT2D eigenvalue weighted by atomic mass is 16.5. The van der Waals surface area contributed by atoms with Gasteiger partial charge in [-0.2, -0.15) is 0 Å². The van der Waals surface area contributed by atoms with Gasteiger partial charge in [0.2, 0.25) is 0 Å². The first kappa shape index (κ1) is 25.2. The number of carbonyl (C=O) groups excluding carboxylic acids is 1. The molecule has 4 rings (SSSR count). The molecule has 1 aromatic heterocycles. The second kappa shape index (κ2) is 9.97. The molecule has 0 aliphatic heterocycles. The number of fused-ring (bicyclic) bond motifs is 1. The van der Waals surface area contributed by atoms with E-state index >= 15 is 0 Å². The Morgan fingerprint density at radius 1 is 1.14 bits per heavy atom. The quantitative estimate of drug-likeness (QED) is 0.315. The van der Waals surface area contributed by atoms with E-state index in [0.29, 0.717) is 29.5 Å². The normalized spacial score (nSPS) is 17.2. The maximum Gasteiger partial charge on any atom is 0.354 e. The zero-order chi connectivity index (χ0) is 26.0. The predicted octanol–water partition coefficient (Wildman–Crippen LogP) is 5.75. The van der Waals surface area contributed by atoms with Gasteiger partial charge in [-0.1, -0.05) is 44.2 Å². The summed E-state index contributed by atoms with van der Waals surface area (Å²) in [6.07, 6.45) is 0.0739. The SMILES string of the molecule is CCOC(=O)c1c(OCc2ccccc2)c2ccc(O[C@@H]3CC(C)(C)CC(O)=C3O)c(C)c2oc1=O. The molecule has 0 saturated carbocycles. The summed E-state index contributed by atoms with van der Waals surface area (Å²) in [5, 5.41) is 21.0. The van der Waals surface area contributed by atoms with E-state index in [1.165, 1.54) is 0 Å². The van der Waals surface area contributed by atoms with Crippen molar-refractivity contribution in [2.75, 3.05) is 6.61 Å². The van der Waals surface area contributed by atoms with Gasteiger partial charge < -0.3 is 28.8 Å². The molecular formula is C28H30O8. The molecule has 0 amide bonds. The minimum Gasteiger partial charge on any atom is -0.509 e. The lowest BCUT2D eigenvalue weighted by atomic mass is 9.78. The van der Waals surface area contributed by atoms with Gasteiger partial charge >= 0.3 is 11.6 Å². The minimum atomic E-state index is -0.886. The molecule has 0 radical (unpaired) electrons. The predicted molar refractivity (Wildman–Crippen MR) is 134 cm³/mol. The van der Waals surface area contributed by atoms with E-state index in [1.807, 2.05) is 44.2 Å². The average Bonchev–Trinajstić information content (AvgIpc) is 2.83. The number of benzene rings is 2. The van der Waals surface area contributed by atoms with Crippen LogP contribution in [0.2, 0.25) is 0 Å². The number of ether oxygens (including phenoxy) is 3. The summed E-state index contributed by atoms with van der Waals surface area (Å²) in [5.41, 5.74) is 0.0611. The average molecular weight is 495 g/mol. The van der Waals surface area contributed by atoms with Crippen molar-refractivity contribution in [1.29, 1.82) is 0 Å². The Morgan fingerprint density at radius 3 is 2.56 bits per heavy atom. The fourth-order valence-electron chi connectivity index (χ4n) is 4.39. The van der Waals surface area contributed by atoms with Crippen LogP contribution in [0.15, 0.2) is 63.2 Å².